The first-order valence-corrected chi connectivity index (χ1v) is 9.73. The first-order chi connectivity index (χ1) is 13.7. The molecule has 0 saturated carbocycles. The summed E-state index contributed by atoms with van der Waals surface area (Å²) in [5, 5.41) is 0. The molecule has 0 saturated heterocycles. The molecule has 0 fully saturated rings. The van der Waals surface area contributed by atoms with Crippen LogP contribution in [0.3, 0.4) is 0 Å². The number of unbranched alkanes of at least 4 members (excludes halogenated alkanes) is 2. The summed E-state index contributed by atoms with van der Waals surface area (Å²) in [5.41, 5.74) is 1.12. The maximum absolute atomic E-state index is 14.7. The third-order valence-corrected chi connectivity index (χ3v) is 5.36. The predicted octanol–water partition coefficient (Wildman–Crippen LogP) is 7.01. The van der Waals surface area contributed by atoms with E-state index in [0.29, 0.717) is 17.5 Å². The van der Waals surface area contributed by atoms with Crippen LogP contribution < -0.4 is 4.74 Å². The quantitative estimate of drug-likeness (QED) is 0.364. The standard InChI is InChI=1S/C22H22F6O/c1-2-3-4-5-13-10-17(23)20(18(24)11-13)15-6-8-16-14(12-15)7-9-19(21(16)25)29-22(26,27)28/h7,9-11,15H,2-6,8,12H2,1H3. The van der Waals surface area contributed by atoms with Gasteiger partial charge in [0.05, 0.1) is 0 Å². The Morgan fingerprint density at radius 2 is 1.72 bits per heavy atom. The number of halogens is 6. The molecule has 1 unspecified atom stereocenters. The molecule has 0 amide bonds. The molecule has 0 radical (unpaired) electrons. The number of hydrogen-bond donors (Lipinski definition) is 0. The Hall–Kier alpha value is -2.18. The Balaban J connectivity index is 1.81. The Morgan fingerprint density at radius 1 is 1.03 bits per heavy atom. The van der Waals surface area contributed by atoms with Crippen LogP contribution in [0.15, 0.2) is 24.3 Å². The van der Waals surface area contributed by atoms with Crippen molar-refractivity contribution in [3.63, 3.8) is 0 Å². The molecule has 1 aliphatic rings. The molecule has 1 nitrogen and oxygen atoms in total. The second kappa shape index (κ2) is 8.67. The molecule has 7 heteroatoms. The van der Waals surface area contributed by atoms with E-state index in [9.17, 15) is 26.3 Å². The summed E-state index contributed by atoms with van der Waals surface area (Å²) in [6.45, 7) is 2.05. The molecule has 1 aliphatic carbocycles. The van der Waals surface area contributed by atoms with Gasteiger partial charge in [0.15, 0.2) is 11.6 Å². The highest BCUT2D eigenvalue weighted by molar-refractivity contribution is 5.42. The molecule has 3 rings (SSSR count). The first kappa shape index (κ1) is 21.5. The minimum Gasteiger partial charge on any atom is -0.403 e. The SMILES string of the molecule is CCCCCc1cc(F)c(C2CCc3c(ccc(OC(F)(F)F)c3F)C2)c(F)c1. The molecule has 0 heterocycles. The van der Waals surface area contributed by atoms with Crippen LogP contribution in [0.4, 0.5) is 26.3 Å². The predicted molar refractivity (Wildman–Crippen MR) is 97.4 cm³/mol. The molecule has 0 N–H and O–H groups in total. The number of ether oxygens (including phenoxy) is 1. The summed E-state index contributed by atoms with van der Waals surface area (Å²) in [5.74, 6) is -3.69. The minimum atomic E-state index is -4.99. The Bertz CT molecular complexity index is 851. The maximum atomic E-state index is 14.7. The minimum absolute atomic E-state index is 0.0362. The van der Waals surface area contributed by atoms with E-state index in [1.807, 2.05) is 6.92 Å². The van der Waals surface area contributed by atoms with Crippen molar-refractivity contribution in [2.75, 3.05) is 0 Å². The molecule has 2 aromatic rings. The summed E-state index contributed by atoms with van der Waals surface area (Å²) < 4.78 is 84.6. The fourth-order valence-electron chi connectivity index (χ4n) is 3.99. The van der Waals surface area contributed by atoms with Crippen LogP contribution in [0.5, 0.6) is 5.75 Å². The molecule has 1 atom stereocenters. The normalized spacial score (nSPS) is 16.6. The van der Waals surface area contributed by atoms with E-state index in [0.717, 1.165) is 25.3 Å². The third kappa shape index (κ3) is 5.06. The van der Waals surface area contributed by atoms with E-state index < -0.39 is 35.5 Å². The number of alkyl halides is 3. The van der Waals surface area contributed by atoms with E-state index in [1.54, 1.807) is 0 Å². The van der Waals surface area contributed by atoms with Crippen molar-refractivity contribution in [3.05, 3.63) is 64.0 Å². The lowest BCUT2D eigenvalue weighted by Gasteiger charge is -2.27. The average Bonchev–Trinajstić information content (AvgIpc) is 2.63. The lowest BCUT2D eigenvalue weighted by atomic mass is 9.79. The summed E-state index contributed by atoms with van der Waals surface area (Å²) >= 11 is 0. The Morgan fingerprint density at radius 3 is 2.34 bits per heavy atom. The van der Waals surface area contributed by atoms with Crippen LogP contribution in [-0.4, -0.2) is 6.36 Å². The van der Waals surface area contributed by atoms with E-state index >= 15 is 0 Å². The van der Waals surface area contributed by atoms with Gasteiger partial charge in [0.2, 0.25) is 0 Å². The second-order valence-corrected chi connectivity index (χ2v) is 7.43. The molecule has 2 aromatic carbocycles. The highest BCUT2D eigenvalue weighted by atomic mass is 19.4. The van der Waals surface area contributed by atoms with Gasteiger partial charge in [0.25, 0.3) is 0 Å². The van der Waals surface area contributed by atoms with Crippen molar-refractivity contribution >= 4 is 0 Å². The highest BCUT2D eigenvalue weighted by Gasteiger charge is 2.34. The molecular formula is C22H22F6O. The zero-order valence-corrected chi connectivity index (χ0v) is 16.0. The lowest BCUT2D eigenvalue weighted by Crippen LogP contribution is -2.20. The number of rotatable bonds is 6. The lowest BCUT2D eigenvalue weighted by molar-refractivity contribution is -0.275. The van der Waals surface area contributed by atoms with Gasteiger partial charge in [-0.3, -0.25) is 0 Å². The van der Waals surface area contributed by atoms with Gasteiger partial charge < -0.3 is 4.74 Å². The largest absolute Gasteiger partial charge is 0.573 e. The van der Waals surface area contributed by atoms with Crippen molar-refractivity contribution in [2.45, 2.75) is 64.1 Å². The van der Waals surface area contributed by atoms with Gasteiger partial charge >= 0.3 is 6.36 Å². The van der Waals surface area contributed by atoms with E-state index in [1.165, 1.54) is 18.2 Å². The third-order valence-electron chi connectivity index (χ3n) is 5.36. The van der Waals surface area contributed by atoms with E-state index in [4.69, 9.17) is 0 Å². The average molecular weight is 416 g/mol. The molecule has 0 aliphatic heterocycles. The second-order valence-electron chi connectivity index (χ2n) is 7.43. The highest BCUT2D eigenvalue weighted by Crippen LogP contribution is 2.39. The Labute approximate surface area is 165 Å². The smallest absolute Gasteiger partial charge is 0.403 e. The van der Waals surface area contributed by atoms with Gasteiger partial charge in [-0.05, 0) is 72.9 Å². The van der Waals surface area contributed by atoms with Gasteiger partial charge in [-0.2, -0.15) is 0 Å². The molecule has 29 heavy (non-hydrogen) atoms. The van der Waals surface area contributed by atoms with E-state index in [-0.39, 0.29) is 30.4 Å². The zero-order valence-electron chi connectivity index (χ0n) is 16.0. The topological polar surface area (TPSA) is 9.23 Å². The van der Waals surface area contributed by atoms with Gasteiger partial charge in [0, 0.05) is 5.56 Å². The number of aryl methyl sites for hydroxylation is 1. The summed E-state index contributed by atoms with van der Waals surface area (Å²) in [7, 11) is 0. The van der Waals surface area contributed by atoms with Crippen molar-refractivity contribution in [2.24, 2.45) is 0 Å². The molecule has 158 valence electrons. The molecule has 0 bridgehead atoms. The van der Waals surface area contributed by atoms with E-state index in [2.05, 4.69) is 4.74 Å². The van der Waals surface area contributed by atoms with Gasteiger partial charge in [-0.1, -0.05) is 25.8 Å². The van der Waals surface area contributed by atoms with Crippen LogP contribution in [0, 0.1) is 17.5 Å². The van der Waals surface area contributed by atoms with Gasteiger partial charge in [-0.15, -0.1) is 13.2 Å². The van der Waals surface area contributed by atoms with Crippen LogP contribution in [-0.2, 0) is 19.3 Å². The van der Waals surface area contributed by atoms with Crippen molar-refractivity contribution in [3.8, 4) is 5.75 Å². The number of benzene rings is 2. The van der Waals surface area contributed by atoms with Crippen LogP contribution in [0.25, 0.3) is 0 Å². The number of fused-ring (bicyclic) bond motifs is 1. The maximum Gasteiger partial charge on any atom is 0.573 e. The summed E-state index contributed by atoms with van der Waals surface area (Å²) in [6.07, 6.45) is -1.07. The number of hydrogen-bond acceptors (Lipinski definition) is 1. The fourth-order valence-corrected chi connectivity index (χ4v) is 3.99. The van der Waals surface area contributed by atoms with Crippen LogP contribution >= 0.6 is 0 Å². The molecule has 0 aromatic heterocycles. The van der Waals surface area contributed by atoms with Crippen LogP contribution in [0.1, 0.15) is 60.8 Å². The molecular weight excluding hydrogens is 394 g/mol. The van der Waals surface area contributed by atoms with Crippen molar-refractivity contribution < 1.29 is 31.1 Å². The monoisotopic (exact) mass is 416 g/mol. The first-order valence-electron chi connectivity index (χ1n) is 9.73. The summed E-state index contributed by atoms with van der Waals surface area (Å²) in [6, 6.07) is 4.95. The van der Waals surface area contributed by atoms with Crippen LogP contribution in [0.2, 0.25) is 0 Å². The Kier molecular flexibility index (Phi) is 6.44. The van der Waals surface area contributed by atoms with Crippen molar-refractivity contribution in [1.29, 1.82) is 0 Å². The van der Waals surface area contributed by atoms with Gasteiger partial charge in [0.1, 0.15) is 11.6 Å². The summed E-state index contributed by atoms with van der Waals surface area (Å²) in [4.78, 5) is 0. The van der Waals surface area contributed by atoms with Gasteiger partial charge in [-0.25, -0.2) is 13.2 Å². The fraction of sp³-hybridized carbons (Fsp3) is 0.455. The zero-order chi connectivity index (χ0) is 21.2. The van der Waals surface area contributed by atoms with Crippen molar-refractivity contribution in [1.82, 2.24) is 0 Å². The molecule has 0 spiro atoms.